The average molecular weight is 651 g/mol. The molecule has 1 aliphatic rings. The summed E-state index contributed by atoms with van der Waals surface area (Å²) >= 11 is 0. The number of rotatable bonds is 13. The Labute approximate surface area is 287 Å². The first kappa shape index (κ1) is 31.9. The van der Waals surface area contributed by atoms with Gasteiger partial charge < -0.3 is 28.8 Å². The van der Waals surface area contributed by atoms with Gasteiger partial charge >= 0.3 is 0 Å². The van der Waals surface area contributed by atoms with Crippen molar-refractivity contribution in [3.63, 3.8) is 0 Å². The standard InChI is InChI=1S/C43H38O6/c44-38-23-35(21-22-39(38)46-28-32-15-7-2-8-16-32)43-42(48-30-34-19-11-4-12-20-34)26-37-40(47-29-33-17-9-3-10-18-33)24-36(25-41(37)49-43)45-27-31-13-5-1-6-14-31/h1-25,42-44H,26-30H2. The molecule has 6 nitrogen and oxygen atoms in total. The third kappa shape index (κ3) is 8.23. The van der Waals surface area contributed by atoms with E-state index < -0.39 is 6.10 Å². The van der Waals surface area contributed by atoms with Crippen LogP contribution in [0.4, 0.5) is 0 Å². The number of ether oxygens (including phenoxy) is 5. The van der Waals surface area contributed by atoms with Crippen molar-refractivity contribution in [2.45, 2.75) is 45.1 Å². The number of hydrogen-bond acceptors (Lipinski definition) is 6. The van der Waals surface area contributed by atoms with E-state index in [1.54, 1.807) is 12.1 Å². The lowest BCUT2D eigenvalue weighted by Gasteiger charge is -2.35. The van der Waals surface area contributed by atoms with Gasteiger partial charge in [0.25, 0.3) is 0 Å². The Kier molecular flexibility index (Phi) is 10.0. The Morgan fingerprint density at radius 3 is 1.59 bits per heavy atom. The van der Waals surface area contributed by atoms with Crippen molar-refractivity contribution in [2.75, 3.05) is 0 Å². The second-order valence-corrected chi connectivity index (χ2v) is 12.0. The first-order chi connectivity index (χ1) is 24.2. The summed E-state index contributed by atoms with van der Waals surface area (Å²) in [6, 6.07) is 49.4. The second-order valence-electron chi connectivity index (χ2n) is 12.0. The molecule has 2 atom stereocenters. The number of hydrogen-bond donors (Lipinski definition) is 1. The molecule has 6 aromatic rings. The summed E-state index contributed by atoms with van der Waals surface area (Å²) in [6.07, 6.45) is -0.363. The zero-order chi connectivity index (χ0) is 33.3. The summed E-state index contributed by atoms with van der Waals surface area (Å²) < 4.78 is 32.1. The quantitative estimate of drug-likeness (QED) is 0.134. The maximum Gasteiger partial charge on any atom is 0.161 e. The third-order valence-electron chi connectivity index (χ3n) is 8.48. The van der Waals surface area contributed by atoms with E-state index in [1.807, 2.05) is 140 Å². The summed E-state index contributed by atoms with van der Waals surface area (Å²) in [7, 11) is 0. The van der Waals surface area contributed by atoms with Crippen molar-refractivity contribution >= 4 is 0 Å². The van der Waals surface area contributed by atoms with Gasteiger partial charge in [0.1, 0.15) is 43.2 Å². The van der Waals surface area contributed by atoms with Gasteiger partial charge in [0.2, 0.25) is 0 Å². The highest BCUT2D eigenvalue weighted by atomic mass is 16.5. The smallest absolute Gasteiger partial charge is 0.161 e. The zero-order valence-corrected chi connectivity index (χ0v) is 27.1. The average Bonchev–Trinajstić information content (AvgIpc) is 3.16. The van der Waals surface area contributed by atoms with Crippen molar-refractivity contribution in [3.8, 4) is 28.7 Å². The minimum atomic E-state index is -0.517. The van der Waals surface area contributed by atoms with Crippen LogP contribution in [0.25, 0.3) is 0 Å². The molecule has 1 heterocycles. The SMILES string of the molecule is Oc1cc(C2Oc3cc(OCc4ccccc4)cc(OCc4ccccc4)c3CC2OCc2ccccc2)ccc1OCc1ccccc1. The van der Waals surface area contributed by atoms with Gasteiger partial charge in [0.15, 0.2) is 17.6 Å². The van der Waals surface area contributed by atoms with Crippen LogP contribution in [0.15, 0.2) is 152 Å². The molecule has 0 bridgehead atoms. The summed E-state index contributed by atoms with van der Waals surface area (Å²) in [5.74, 6) is 2.42. The molecule has 246 valence electrons. The molecule has 7 rings (SSSR count). The van der Waals surface area contributed by atoms with E-state index in [2.05, 4.69) is 0 Å². The fraction of sp³-hybridized carbons (Fsp3) is 0.163. The highest BCUT2D eigenvalue weighted by molar-refractivity contribution is 5.53. The van der Waals surface area contributed by atoms with E-state index in [0.29, 0.717) is 55.8 Å². The Bertz CT molecular complexity index is 1930. The normalized spacial score (nSPS) is 15.1. The van der Waals surface area contributed by atoms with Crippen molar-refractivity contribution in [1.82, 2.24) is 0 Å². The monoisotopic (exact) mass is 650 g/mol. The summed E-state index contributed by atoms with van der Waals surface area (Å²) in [6.45, 7) is 1.56. The molecule has 0 fully saturated rings. The predicted octanol–water partition coefficient (Wildman–Crippen LogP) is 9.39. The Morgan fingerprint density at radius 1 is 0.531 bits per heavy atom. The minimum Gasteiger partial charge on any atom is -0.504 e. The Balaban J connectivity index is 1.19. The van der Waals surface area contributed by atoms with Crippen molar-refractivity contribution in [2.24, 2.45) is 0 Å². The van der Waals surface area contributed by atoms with Crippen LogP contribution in [0, 0.1) is 0 Å². The molecule has 2 unspecified atom stereocenters. The molecule has 0 aromatic heterocycles. The van der Waals surface area contributed by atoms with Crippen LogP contribution in [-0.2, 0) is 37.6 Å². The topological polar surface area (TPSA) is 66.4 Å². The lowest BCUT2D eigenvalue weighted by molar-refractivity contribution is -0.0468. The highest BCUT2D eigenvalue weighted by Crippen LogP contribution is 2.45. The van der Waals surface area contributed by atoms with E-state index >= 15 is 0 Å². The highest BCUT2D eigenvalue weighted by Gasteiger charge is 2.35. The van der Waals surface area contributed by atoms with E-state index in [0.717, 1.165) is 33.4 Å². The van der Waals surface area contributed by atoms with Crippen molar-refractivity contribution in [1.29, 1.82) is 0 Å². The van der Waals surface area contributed by atoms with E-state index in [1.165, 1.54) is 0 Å². The fourth-order valence-corrected chi connectivity index (χ4v) is 5.89. The second kappa shape index (κ2) is 15.5. The minimum absolute atomic E-state index is 0.0384. The summed E-state index contributed by atoms with van der Waals surface area (Å²) in [5, 5.41) is 11.1. The molecule has 0 saturated heterocycles. The van der Waals surface area contributed by atoms with Crippen LogP contribution in [0.1, 0.15) is 39.5 Å². The van der Waals surface area contributed by atoms with Gasteiger partial charge in [-0.1, -0.05) is 127 Å². The first-order valence-electron chi connectivity index (χ1n) is 16.5. The molecule has 6 aromatic carbocycles. The molecule has 0 aliphatic carbocycles. The van der Waals surface area contributed by atoms with Crippen LogP contribution >= 0.6 is 0 Å². The van der Waals surface area contributed by atoms with Gasteiger partial charge in [-0.3, -0.25) is 0 Å². The molecule has 0 amide bonds. The number of benzene rings is 6. The van der Waals surface area contributed by atoms with Crippen molar-refractivity contribution in [3.05, 3.63) is 185 Å². The molecule has 0 radical (unpaired) electrons. The number of aromatic hydroxyl groups is 1. The summed E-state index contributed by atoms with van der Waals surface area (Å²) in [4.78, 5) is 0. The maximum absolute atomic E-state index is 11.1. The van der Waals surface area contributed by atoms with Gasteiger partial charge in [-0.25, -0.2) is 0 Å². The van der Waals surface area contributed by atoms with Crippen LogP contribution in [0.3, 0.4) is 0 Å². The Morgan fingerprint density at radius 2 is 1.04 bits per heavy atom. The van der Waals surface area contributed by atoms with Crippen LogP contribution < -0.4 is 18.9 Å². The van der Waals surface area contributed by atoms with Gasteiger partial charge in [-0.2, -0.15) is 0 Å². The zero-order valence-electron chi connectivity index (χ0n) is 27.1. The predicted molar refractivity (Wildman–Crippen MR) is 189 cm³/mol. The molecule has 1 aliphatic heterocycles. The molecule has 49 heavy (non-hydrogen) atoms. The van der Waals surface area contributed by atoms with Gasteiger partial charge in [0.05, 0.1) is 6.61 Å². The fourth-order valence-electron chi connectivity index (χ4n) is 5.89. The maximum atomic E-state index is 11.1. The largest absolute Gasteiger partial charge is 0.504 e. The summed E-state index contributed by atoms with van der Waals surface area (Å²) in [5.41, 5.74) is 5.88. The lowest BCUT2D eigenvalue weighted by Crippen LogP contribution is -2.33. The molecule has 0 saturated carbocycles. The number of phenols is 1. The van der Waals surface area contributed by atoms with Crippen LogP contribution in [0.5, 0.6) is 28.7 Å². The van der Waals surface area contributed by atoms with Crippen LogP contribution in [0.2, 0.25) is 0 Å². The lowest BCUT2D eigenvalue weighted by atomic mass is 9.93. The van der Waals surface area contributed by atoms with Crippen molar-refractivity contribution < 1.29 is 28.8 Å². The molecular weight excluding hydrogens is 612 g/mol. The van der Waals surface area contributed by atoms with E-state index in [9.17, 15) is 5.11 Å². The number of phenolic OH excluding ortho intramolecular Hbond substituents is 1. The van der Waals surface area contributed by atoms with E-state index in [-0.39, 0.29) is 11.9 Å². The first-order valence-corrected chi connectivity index (χ1v) is 16.5. The molecule has 1 N–H and O–H groups in total. The van der Waals surface area contributed by atoms with Crippen LogP contribution in [-0.4, -0.2) is 11.2 Å². The van der Waals surface area contributed by atoms with Gasteiger partial charge in [-0.05, 0) is 39.9 Å². The molecule has 0 spiro atoms. The van der Waals surface area contributed by atoms with E-state index in [4.69, 9.17) is 23.7 Å². The Hall–Kier alpha value is -5.72. The number of fused-ring (bicyclic) bond motifs is 1. The van der Waals surface area contributed by atoms with Gasteiger partial charge in [-0.15, -0.1) is 0 Å². The van der Waals surface area contributed by atoms with Gasteiger partial charge in [0, 0.05) is 24.1 Å². The molecular formula is C43H38O6. The molecule has 6 heteroatoms. The third-order valence-corrected chi connectivity index (χ3v) is 8.48.